The predicted octanol–water partition coefficient (Wildman–Crippen LogP) is 2.16. The topological polar surface area (TPSA) is 78.3 Å². The molecule has 1 aromatic heterocycles. The first-order valence-electron chi connectivity index (χ1n) is 9.71. The van der Waals surface area contributed by atoms with Crippen LogP contribution in [0.15, 0.2) is 18.2 Å². The molecule has 1 unspecified atom stereocenters. The summed E-state index contributed by atoms with van der Waals surface area (Å²) in [6.45, 7) is 7.03. The molecule has 8 heteroatoms. The van der Waals surface area contributed by atoms with Crippen molar-refractivity contribution in [1.82, 2.24) is 0 Å². The first-order valence-corrected chi connectivity index (χ1v) is 10.5. The highest BCUT2D eigenvalue weighted by Gasteiger charge is 2.31. The fourth-order valence-electron chi connectivity index (χ4n) is 3.59. The third-order valence-electron chi connectivity index (χ3n) is 5.09. The molecule has 2 N–H and O–H groups in total. The molecule has 7 nitrogen and oxygen atoms in total. The summed E-state index contributed by atoms with van der Waals surface area (Å²) in [5.41, 5.74) is 1.76. The smallest absolute Gasteiger partial charge is 0.341 e. The summed E-state index contributed by atoms with van der Waals surface area (Å²) in [6, 6.07) is 5.15. The molecule has 2 heterocycles. The fourth-order valence-corrected chi connectivity index (χ4v) is 4.89. The predicted molar refractivity (Wildman–Crippen MR) is 112 cm³/mol. The van der Waals surface area contributed by atoms with Gasteiger partial charge in [-0.1, -0.05) is 6.07 Å². The summed E-state index contributed by atoms with van der Waals surface area (Å²) in [4.78, 5) is 28.4. The highest BCUT2D eigenvalue weighted by molar-refractivity contribution is 7.17. The van der Waals surface area contributed by atoms with Gasteiger partial charge in [-0.25, -0.2) is 4.79 Å². The van der Waals surface area contributed by atoms with Crippen LogP contribution in [0.2, 0.25) is 0 Å². The normalized spacial score (nSPS) is 15.4. The van der Waals surface area contributed by atoms with Crippen molar-refractivity contribution < 1.29 is 28.7 Å². The van der Waals surface area contributed by atoms with Crippen LogP contribution in [0.25, 0.3) is 0 Å². The molecule has 2 aromatic rings. The number of ether oxygens (including phenoxy) is 3. The number of hydrogen-bond donors (Lipinski definition) is 2. The summed E-state index contributed by atoms with van der Waals surface area (Å²) < 4.78 is 16.0. The number of fused-ring (bicyclic) bond motifs is 1. The monoisotopic (exact) mass is 419 g/mol. The number of likely N-dealkylation sites (N-methyl/N-ethyl adjacent to an activating group) is 1. The molecule has 3 rings (SSSR count). The lowest BCUT2D eigenvalue weighted by atomic mass is 10.0. The lowest BCUT2D eigenvalue weighted by molar-refractivity contribution is -0.913. The summed E-state index contributed by atoms with van der Waals surface area (Å²) in [7, 11) is 3.00. The second kappa shape index (κ2) is 9.28. The molecule has 0 radical (unpaired) electrons. The van der Waals surface area contributed by atoms with Gasteiger partial charge >= 0.3 is 5.97 Å². The van der Waals surface area contributed by atoms with Crippen molar-refractivity contribution in [3.63, 3.8) is 0 Å². The summed E-state index contributed by atoms with van der Waals surface area (Å²) >= 11 is 1.45. The van der Waals surface area contributed by atoms with Gasteiger partial charge in [0, 0.05) is 6.42 Å². The van der Waals surface area contributed by atoms with Gasteiger partial charge in [-0.2, -0.15) is 0 Å². The van der Waals surface area contributed by atoms with Crippen LogP contribution in [0.5, 0.6) is 11.5 Å². The average molecular weight is 420 g/mol. The Morgan fingerprint density at radius 2 is 1.83 bits per heavy atom. The van der Waals surface area contributed by atoms with Gasteiger partial charge in [0.1, 0.15) is 28.6 Å². The Morgan fingerprint density at radius 3 is 2.41 bits per heavy atom. The van der Waals surface area contributed by atoms with Gasteiger partial charge in [0.2, 0.25) is 0 Å². The number of thiophene rings is 1. The number of rotatable bonds is 7. The molecule has 0 spiro atoms. The number of anilines is 1. The molecular weight excluding hydrogens is 392 g/mol. The van der Waals surface area contributed by atoms with Crippen molar-refractivity contribution in [2.24, 2.45) is 0 Å². The quantitative estimate of drug-likeness (QED) is 0.673. The van der Waals surface area contributed by atoms with E-state index in [1.807, 2.05) is 0 Å². The SMILES string of the molecule is CCOC(=O)c1c(NC(=O)c2c(OC)cccc2OC)sc2c1CC[NH+](CC)C2. The maximum Gasteiger partial charge on any atom is 0.341 e. The van der Waals surface area contributed by atoms with E-state index >= 15 is 0 Å². The maximum atomic E-state index is 13.1. The number of quaternary nitrogens is 1. The third kappa shape index (κ3) is 4.23. The standard InChI is InChI=1S/C21H26N2O5S/c1-5-23-11-10-13-16(12-23)29-20(17(13)21(25)28-6-2)22-19(24)18-14(26-3)8-7-9-15(18)27-4/h7-9H,5-6,10-12H2,1-4H3,(H,22,24)/p+1. The van der Waals surface area contributed by atoms with Gasteiger partial charge in [-0.3, -0.25) is 4.79 Å². The fraction of sp³-hybridized carbons (Fsp3) is 0.429. The van der Waals surface area contributed by atoms with Crippen LogP contribution in [0.3, 0.4) is 0 Å². The molecule has 1 aromatic carbocycles. The van der Waals surface area contributed by atoms with Crippen LogP contribution >= 0.6 is 11.3 Å². The molecule has 0 saturated carbocycles. The Labute approximate surface area is 174 Å². The summed E-state index contributed by atoms with van der Waals surface area (Å²) in [5.74, 6) is 0.0280. The van der Waals surface area contributed by atoms with Crippen molar-refractivity contribution in [2.75, 3.05) is 39.2 Å². The molecule has 1 aliphatic rings. The van der Waals surface area contributed by atoms with Crippen molar-refractivity contribution in [3.05, 3.63) is 39.8 Å². The number of carbonyl (C=O) groups is 2. The van der Waals surface area contributed by atoms with E-state index in [0.717, 1.165) is 36.5 Å². The van der Waals surface area contributed by atoms with Crippen molar-refractivity contribution in [2.45, 2.75) is 26.8 Å². The Kier molecular flexibility index (Phi) is 6.76. The molecule has 1 atom stereocenters. The minimum atomic E-state index is -0.396. The highest BCUT2D eigenvalue weighted by atomic mass is 32.1. The largest absolute Gasteiger partial charge is 0.496 e. The Hall–Kier alpha value is -2.58. The van der Waals surface area contributed by atoms with E-state index in [-0.39, 0.29) is 12.5 Å². The summed E-state index contributed by atoms with van der Waals surface area (Å²) in [5, 5.41) is 3.43. The number of hydrogen-bond acceptors (Lipinski definition) is 6. The van der Waals surface area contributed by atoms with Crippen LogP contribution in [-0.4, -0.2) is 45.8 Å². The van der Waals surface area contributed by atoms with Crippen LogP contribution in [-0.2, 0) is 17.7 Å². The molecule has 29 heavy (non-hydrogen) atoms. The van der Waals surface area contributed by atoms with Gasteiger partial charge in [0.05, 0.1) is 44.4 Å². The molecule has 0 aliphatic carbocycles. The number of amides is 1. The van der Waals surface area contributed by atoms with E-state index in [9.17, 15) is 9.59 Å². The van der Waals surface area contributed by atoms with Crippen LogP contribution < -0.4 is 19.7 Å². The molecule has 0 bridgehead atoms. The summed E-state index contributed by atoms with van der Waals surface area (Å²) in [6.07, 6.45) is 0.789. The lowest BCUT2D eigenvalue weighted by Crippen LogP contribution is -3.11. The first-order chi connectivity index (χ1) is 14.0. The number of methoxy groups -OCH3 is 2. The number of benzene rings is 1. The van der Waals surface area contributed by atoms with Crippen LogP contribution in [0.1, 0.15) is 45.0 Å². The molecule has 0 saturated heterocycles. The molecule has 156 valence electrons. The van der Waals surface area contributed by atoms with E-state index in [4.69, 9.17) is 14.2 Å². The van der Waals surface area contributed by atoms with Crippen molar-refractivity contribution in [3.8, 4) is 11.5 Å². The Morgan fingerprint density at radius 1 is 1.14 bits per heavy atom. The van der Waals surface area contributed by atoms with E-state index in [2.05, 4.69) is 12.2 Å². The molecule has 1 aliphatic heterocycles. The molecular formula is C21H27N2O5S+. The Bertz CT molecular complexity index is 886. The lowest BCUT2D eigenvalue weighted by Gasteiger charge is -2.22. The van der Waals surface area contributed by atoms with E-state index in [1.54, 1.807) is 25.1 Å². The number of nitrogens with one attached hydrogen (secondary N) is 2. The van der Waals surface area contributed by atoms with Crippen LogP contribution in [0.4, 0.5) is 5.00 Å². The van der Waals surface area contributed by atoms with Gasteiger partial charge < -0.3 is 24.4 Å². The zero-order valence-corrected chi connectivity index (χ0v) is 18.0. The van der Waals surface area contributed by atoms with E-state index in [0.29, 0.717) is 27.6 Å². The van der Waals surface area contributed by atoms with Gasteiger partial charge in [0.25, 0.3) is 5.91 Å². The minimum absolute atomic E-state index is 0.281. The maximum absolute atomic E-state index is 13.1. The van der Waals surface area contributed by atoms with E-state index in [1.165, 1.54) is 30.5 Å². The van der Waals surface area contributed by atoms with Crippen molar-refractivity contribution >= 4 is 28.2 Å². The first kappa shape index (κ1) is 21.1. The minimum Gasteiger partial charge on any atom is -0.496 e. The average Bonchev–Trinajstić information content (AvgIpc) is 3.09. The van der Waals surface area contributed by atoms with Crippen LogP contribution in [0, 0.1) is 0 Å². The Balaban J connectivity index is 2.00. The van der Waals surface area contributed by atoms with Gasteiger partial charge in [0.15, 0.2) is 0 Å². The zero-order valence-electron chi connectivity index (χ0n) is 17.2. The molecule has 0 fully saturated rings. The van der Waals surface area contributed by atoms with Gasteiger partial charge in [-0.05, 0) is 31.5 Å². The zero-order chi connectivity index (χ0) is 21.0. The number of carbonyl (C=O) groups excluding carboxylic acids is 2. The van der Waals surface area contributed by atoms with E-state index < -0.39 is 5.97 Å². The second-order valence-electron chi connectivity index (χ2n) is 6.70. The van der Waals surface area contributed by atoms with Gasteiger partial charge in [-0.15, -0.1) is 11.3 Å². The molecule has 1 amide bonds. The number of esters is 1. The third-order valence-corrected chi connectivity index (χ3v) is 6.24. The second-order valence-corrected chi connectivity index (χ2v) is 7.81. The van der Waals surface area contributed by atoms with Crippen molar-refractivity contribution in [1.29, 1.82) is 0 Å². The highest BCUT2D eigenvalue weighted by Crippen LogP contribution is 2.37.